The van der Waals surface area contributed by atoms with Crippen LogP contribution >= 0.6 is 0 Å². The van der Waals surface area contributed by atoms with E-state index in [1.807, 2.05) is 18.2 Å². The highest BCUT2D eigenvalue weighted by atomic mass is 32.2. The number of aromatic nitrogens is 3. The van der Waals surface area contributed by atoms with Crippen LogP contribution in [0.15, 0.2) is 72.0 Å². The summed E-state index contributed by atoms with van der Waals surface area (Å²) in [4.78, 5) is 40.0. The van der Waals surface area contributed by atoms with Crippen molar-refractivity contribution < 1.29 is 31.9 Å². The van der Waals surface area contributed by atoms with Crippen molar-refractivity contribution in [3.8, 4) is 22.8 Å². The van der Waals surface area contributed by atoms with Crippen LogP contribution in [-0.2, 0) is 19.6 Å². The van der Waals surface area contributed by atoms with Gasteiger partial charge in [0.25, 0.3) is 10.0 Å². The molecule has 3 heterocycles. The molecule has 44 heavy (non-hydrogen) atoms. The normalized spacial score (nSPS) is 13.7. The molecule has 0 spiro atoms. The maximum atomic E-state index is 14.6. The van der Waals surface area contributed by atoms with Gasteiger partial charge in [0.1, 0.15) is 34.3 Å². The molecular formula is C30H29FN6O6S. The first-order valence-corrected chi connectivity index (χ1v) is 15.0. The van der Waals surface area contributed by atoms with Gasteiger partial charge < -0.3 is 19.3 Å². The number of nitrogens with one attached hydrogen (secondary N) is 1. The number of methoxy groups -OCH3 is 2. The van der Waals surface area contributed by atoms with Crippen molar-refractivity contribution in [3.63, 3.8) is 0 Å². The third-order valence-corrected chi connectivity index (χ3v) is 8.42. The van der Waals surface area contributed by atoms with Gasteiger partial charge in [0.15, 0.2) is 5.78 Å². The van der Waals surface area contributed by atoms with Crippen molar-refractivity contribution in [2.45, 2.75) is 11.8 Å². The maximum absolute atomic E-state index is 14.6. The highest BCUT2D eigenvalue weighted by molar-refractivity contribution is 7.92. The quantitative estimate of drug-likeness (QED) is 0.276. The smallest absolute Gasteiger partial charge is 0.264 e. The highest BCUT2D eigenvalue weighted by Gasteiger charge is 2.24. The van der Waals surface area contributed by atoms with Crippen molar-refractivity contribution >= 4 is 44.1 Å². The first-order valence-electron chi connectivity index (χ1n) is 13.5. The van der Waals surface area contributed by atoms with E-state index in [0.29, 0.717) is 48.6 Å². The molecule has 14 heteroatoms. The Morgan fingerprint density at radius 1 is 0.932 bits per heavy atom. The van der Waals surface area contributed by atoms with Gasteiger partial charge in [-0.1, -0.05) is 6.07 Å². The van der Waals surface area contributed by atoms with Crippen molar-refractivity contribution in [1.82, 2.24) is 19.9 Å². The van der Waals surface area contributed by atoms with E-state index in [1.54, 1.807) is 11.0 Å². The summed E-state index contributed by atoms with van der Waals surface area (Å²) in [7, 11) is -1.65. The van der Waals surface area contributed by atoms with Gasteiger partial charge in [-0.25, -0.2) is 27.8 Å². The number of nitrogens with zero attached hydrogens (tertiary/aromatic N) is 5. The molecule has 4 aromatic rings. The summed E-state index contributed by atoms with van der Waals surface area (Å²) in [5, 5.41) is 0.750. The SMILES string of the molecule is COc1ccc(S(=O)(=O)Nc2cc(-c3ccc4ncnc(N5CCN(C(=O)/C=C/C(C)=O)CC5)c4c3)cnc2OC)c(F)c1. The molecule has 1 aliphatic rings. The summed E-state index contributed by atoms with van der Waals surface area (Å²) < 4.78 is 53.5. The Bertz CT molecular complexity index is 1880. The molecule has 1 aliphatic heterocycles. The lowest BCUT2D eigenvalue weighted by Crippen LogP contribution is -2.48. The third kappa shape index (κ3) is 6.44. The number of carbonyl (C=O) groups excluding carboxylic acids is 2. The molecule has 1 N–H and O–H groups in total. The van der Waals surface area contributed by atoms with Crippen LogP contribution in [0.5, 0.6) is 11.6 Å². The number of pyridine rings is 1. The molecule has 1 fully saturated rings. The van der Waals surface area contributed by atoms with Gasteiger partial charge in [0, 0.05) is 55.5 Å². The molecule has 228 valence electrons. The molecule has 1 saturated heterocycles. The van der Waals surface area contributed by atoms with Crippen LogP contribution in [0.2, 0.25) is 0 Å². The number of allylic oxidation sites excluding steroid dienone is 1. The van der Waals surface area contributed by atoms with Crippen LogP contribution in [0.4, 0.5) is 15.9 Å². The molecule has 0 bridgehead atoms. The Hall–Kier alpha value is -5.11. The van der Waals surface area contributed by atoms with Gasteiger partial charge in [-0.15, -0.1) is 0 Å². The molecule has 0 saturated carbocycles. The second-order valence-electron chi connectivity index (χ2n) is 9.87. The van der Waals surface area contributed by atoms with Crippen molar-refractivity contribution in [2.24, 2.45) is 0 Å². The molecule has 0 radical (unpaired) electrons. The van der Waals surface area contributed by atoms with Crippen molar-refractivity contribution in [1.29, 1.82) is 0 Å². The minimum absolute atomic E-state index is 0.00150. The monoisotopic (exact) mass is 620 g/mol. The van der Waals surface area contributed by atoms with Crippen LogP contribution in [0, 0.1) is 5.82 Å². The van der Waals surface area contributed by atoms with E-state index in [0.717, 1.165) is 17.5 Å². The zero-order valence-electron chi connectivity index (χ0n) is 24.2. The number of fused-ring (bicyclic) bond motifs is 1. The number of rotatable bonds is 9. The molecule has 0 unspecified atom stereocenters. The van der Waals surface area contributed by atoms with Gasteiger partial charge in [0.2, 0.25) is 11.8 Å². The summed E-state index contributed by atoms with van der Waals surface area (Å²) in [6.45, 7) is 3.34. The molecular weight excluding hydrogens is 591 g/mol. The minimum Gasteiger partial charge on any atom is -0.497 e. The summed E-state index contributed by atoms with van der Waals surface area (Å²) in [6.07, 6.45) is 5.56. The molecule has 12 nitrogen and oxygen atoms in total. The summed E-state index contributed by atoms with van der Waals surface area (Å²) in [5.74, 6) is -0.521. The zero-order chi connectivity index (χ0) is 31.4. The lowest BCUT2D eigenvalue weighted by molar-refractivity contribution is -0.126. The number of ketones is 1. The maximum Gasteiger partial charge on any atom is 0.264 e. The lowest BCUT2D eigenvalue weighted by Gasteiger charge is -2.35. The second kappa shape index (κ2) is 12.6. The summed E-state index contributed by atoms with van der Waals surface area (Å²) in [6, 6.07) is 10.5. The van der Waals surface area contributed by atoms with Crippen LogP contribution in [-0.4, -0.2) is 80.4 Å². The second-order valence-corrected chi connectivity index (χ2v) is 11.5. The predicted molar refractivity (Wildman–Crippen MR) is 162 cm³/mol. The lowest BCUT2D eigenvalue weighted by atomic mass is 10.0. The Labute approximate surface area is 253 Å². The highest BCUT2D eigenvalue weighted by Crippen LogP contribution is 2.34. The van der Waals surface area contributed by atoms with Crippen LogP contribution < -0.4 is 19.1 Å². The number of ether oxygens (including phenoxy) is 2. The Morgan fingerprint density at radius 3 is 2.39 bits per heavy atom. The van der Waals surface area contributed by atoms with Gasteiger partial charge in [0.05, 0.1) is 19.7 Å². The largest absolute Gasteiger partial charge is 0.497 e. The van der Waals surface area contributed by atoms with E-state index in [1.165, 1.54) is 51.9 Å². The molecule has 1 amide bonds. The van der Waals surface area contributed by atoms with Crippen LogP contribution in [0.1, 0.15) is 6.92 Å². The first-order chi connectivity index (χ1) is 21.1. The fourth-order valence-corrected chi connectivity index (χ4v) is 5.89. The molecule has 5 rings (SSSR count). The third-order valence-electron chi connectivity index (χ3n) is 7.02. The Balaban J connectivity index is 1.43. The minimum atomic E-state index is -4.35. The van der Waals surface area contributed by atoms with Gasteiger partial charge in [-0.05, 0) is 48.9 Å². The van der Waals surface area contributed by atoms with Crippen LogP contribution in [0.25, 0.3) is 22.0 Å². The number of carbonyl (C=O) groups is 2. The number of anilines is 2. The molecule has 2 aromatic carbocycles. The number of halogens is 1. The summed E-state index contributed by atoms with van der Waals surface area (Å²) in [5.41, 5.74) is 1.97. The summed E-state index contributed by atoms with van der Waals surface area (Å²) >= 11 is 0. The predicted octanol–water partition coefficient (Wildman–Crippen LogP) is 3.44. The fraction of sp³-hybridized carbons (Fsp3) is 0.233. The van der Waals surface area contributed by atoms with Crippen molar-refractivity contribution in [3.05, 3.63) is 73.0 Å². The number of hydrogen-bond acceptors (Lipinski definition) is 10. The van der Waals surface area contributed by atoms with E-state index in [-0.39, 0.29) is 29.0 Å². The molecule has 0 aliphatic carbocycles. The van der Waals surface area contributed by atoms with E-state index in [9.17, 15) is 22.4 Å². The number of benzene rings is 2. The average molecular weight is 621 g/mol. The fourth-order valence-electron chi connectivity index (χ4n) is 4.78. The van der Waals surface area contributed by atoms with E-state index >= 15 is 0 Å². The van der Waals surface area contributed by atoms with E-state index in [4.69, 9.17) is 9.47 Å². The topological polar surface area (TPSA) is 144 Å². The van der Waals surface area contributed by atoms with Gasteiger partial charge >= 0.3 is 0 Å². The number of sulfonamides is 1. The zero-order valence-corrected chi connectivity index (χ0v) is 25.0. The van der Waals surface area contributed by atoms with E-state index < -0.39 is 20.7 Å². The van der Waals surface area contributed by atoms with Crippen LogP contribution in [0.3, 0.4) is 0 Å². The van der Waals surface area contributed by atoms with E-state index in [2.05, 4.69) is 24.6 Å². The molecule has 0 atom stereocenters. The first kappa shape index (κ1) is 30.4. The van der Waals surface area contributed by atoms with Crippen molar-refractivity contribution in [2.75, 3.05) is 50.0 Å². The number of hydrogen-bond donors (Lipinski definition) is 1. The Kier molecular flexibility index (Phi) is 8.71. The molecule has 2 aromatic heterocycles. The number of amides is 1. The van der Waals surface area contributed by atoms with Gasteiger partial charge in [-0.3, -0.25) is 14.3 Å². The standard InChI is InChI=1S/C30H29FN6O6S/c1-19(38)4-9-28(39)36-10-12-37(13-11-36)29-23-14-20(5-7-25(23)33-18-34-29)21-15-26(30(43-3)32-17-21)35-44(40,41)27-8-6-22(42-2)16-24(27)31/h4-9,14-18,35H,10-13H2,1-3H3/b9-4+. The average Bonchev–Trinajstić information content (AvgIpc) is 3.02. The van der Waals surface area contributed by atoms with Gasteiger partial charge in [-0.2, -0.15) is 0 Å². The Morgan fingerprint density at radius 2 is 1.70 bits per heavy atom. The number of piperazine rings is 1.